The Morgan fingerprint density at radius 1 is 1.24 bits per heavy atom. The summed E-state index contributed by atoms with van der Waals surface area (Å²) in [5.74, 6) is -0.153. The summed E-state index contributed by atoms with van der Waals surface area (Å²) >= 11 is 5.68. The van der Waals surface area contributed by atoms with Gasteiger partial charge in [-0.05, 0) is 29.3 Å². The van der Waals surface area contributed by atoms with Crippen LogP contribution in [0.2, 0.25) is 5.02 Å². The molecule has 0 fully saturated rings. The number of anilines is 1. The number of pyridine rings is 1. The lowest BCUT2D eigenvalue weighted by atomic mass is 10.1. The van der Waals surface area contributed by atoms with Gasteiger partial charge in [0.15, 0.2) is 0 Å². The van der Waals surface area contributed by atoms with Gasteiger partial charge in [0, 0.05) is 13.1 Å². The van der Waals surface area contributed by atoms with Gasteiger partial charge in [0.25, 0.3) is 5.56 Å². The van der Waals surface area contributed by atoms with Crippen LogP contribution in [0.5, 0.6) is 0 Å². The smallest absolute Gasteiger partial charge is 0.252 e. The van der Waals surface area contributed by atoms with Gasteiger partial charge in [0.05, 0.1) is 5.02 Å². The molecule has 2 aromatic rings. The average molecular weight is 253 g/mol. The maximum absolute atomic E-state index is 13.0. The Morgan fingerprint density at radius 3 is 2.53 bits per heavy atom. The van der Waals surface area contributed by atoms with E-state index < -0.39 is 5.82 Å². The molecular formula is C12H10ClFN2O. The van der Waals surface area contributed by atoms with E-state index in [0.717, 1.165) is 0 Å². The number of hydrogen-bond donors (Lipinski definition) is 1. The molecule has 0 aliphatic heterocycles. The zero-order valence-corrected chi connectivity index (χ0v) is 9.83. The molecular weight excluding hydrogens is 243 g/mol. The van der Waals surface area contributed by atoms with Crippen molar-refractivity contribution in [2.45, 2.75) is 0 Å². The number of nitrogen functional groups attached to an aromatic ring is 1. The molecule has 0 radical (unpaired) electrons. The summed E-state index contributed by atoms with van der Waals surface area (Å²) in [5.41, 5.74) is 6.73. The van der Waals surface area contributed by atoms with Gasteiger partial charge < -0.3 is 5.73 Å². The van der Waals surface area contributed by atoms with Crippen molar-refractivity contribution in [3.63, 3.8) is 0 Å². The van der Waals surface area contributed by atoms with E-state index in [2.05, 4.69) is 0 Å². The molecule has 1 heterocycles. The highest BCUT2D eigenvalue weighted by atomic mass is 35.5. The van der Waals surface area contributed by atoms with Crippen LogP contribution in [0.3, 0.4) is 0 Å². The van der Waals surface area contributed by atoms with Crippen molar-refractivity contribution < 1.29 is 4.39 Å². The number of hydrogen-bond acceptors (Lipinski definition) is 2. The molecule has 2 rings (SSSR count). The molecule has 0 amide bonds. The summed E-state index contributed by atoms with van der Waals surface area (Å²) in [6.07, 6.45) is 0. The molecule has 0 unspecified atom stereocenters. The monoisotopic (exact) mass is 252 g/mol. The van der Waals surface area contributed by atoms with E-state index in [1.54, 1.807) is 19.2 Å². The van der Waals surface area contributed by atoms with E-state index in [9.17, 15) is 9.18 Å². The molecule has 1 aromatic carbocycles. The lowest BCUT2D eigenvalue weighted by molar-refractivity contribution is 0.628. The van der Waals surface area contributed by atoms with Crippen LogP contribution >= 0.6 is 11.6 Å². The van der Waals surface area contributed by atoms with E-state index >= 15 is 0 Å². The van der Waals surface area contributed by atoms with Crippen molar-refractivity contribution in [3.8, 4) is 11.1 Å². The van der Waals surface area contributed by atoms with Crippen molar-refractivity contribution in [1.82, 2.24) is 4.57 Å². The first-order valence-corrected chi connectivity index (χ1v) is 5.29. The van der Waals surface area contributed by atoms with Crippen molar-refractivity contribution in [2.24, 2.45) is 7.05 Å². The van der Waals surface area contributed by atoms with Gasteiger partial charge in [0.1, 0.15) is 11.6 Å². The zero-order valence-electron chi connectivity index (χ0n) is 9.08. The Labute approximate surface area is 102 Å². The Morgan fingerprint density at radius 2 is 1.94 bits per heavy atom. The Kier molecular flexibility index (Phi) is 2.90. The normalized spacial score (nSPS) is 10.5. The fourth-order valence-electron chi connectivity index (χ4n) is 1.50. The van der Waals surface area contributed by atoms with Crippen LogP contribution in [-0.2, 0) is 7.05 Å². The largest absolute Gasteiger partial charge is 0.385 e. The zero-order chi connectivity index (χ0) is 12.6. The molecule has 17 heavy (non-hydrogen) atoms. The van der Waals surface area contributed by atoms with Crippen LogP contribution in [0.25, 0.3) is 11.1 Å². The van der Waals surface area contributed by atoms with Crippen LogP contribution < -0.4 is 11.3 Å². The lowest BCUT2D eigenvalue weighted by Crippen LogP contribution is -2.18. The summed E-state index contributed by atoms with van der Waals surface area (Å²) in [4.78, 5) is 11.6. The maximum Gasteiger partial charge on any atom is 0.252 e. The van der Waals surface area contributed by atoms with Crippen LogP contribution in [-0.4, -0.2) is 4.57 Å². The van der Waals surface area contributed by atoms with E-state index in [0.29, 0.717) is 16.9 Å². The van der Waals surface area contributed by atoms with Crippen LogP contribution in [0.15, 0.2) is 35.1 Å². The second kappa shape index (κ2) is 4.22. The molecule has 0 saturated heterocycles. The van der Waals surface area contributed by atoms with E-state index in [-0.39, 0.29) is 10.6 Å². The van der Waals surface area contributed by atoms with Gasteiger partial charge >= 0.3 is 0 Å². The molecule has 0 bridgehead atoms. The highest BCUT2D eigenvalue weighted by molar-refractivity contribution is 6.31. The number of nitrogens with zero attached hydrogens (tertiary/aromatic N) is 1. The molecule has 3 nitrogen and oxygen atoms in total. The molecule has 0 aliphatic rings. The number of rotatable bonds is 1. The SMILES string of the molecule is Cn1c(N)cc(-c2ccc(F)c(Cl)c2)cc1=O. The molecule has 5 heteroatoms. The first-order chi connectivity index (χ1) is 7.99. The van der Waals surface area contributed by atoms with Gasteiger partial charge in [-0.2, -0.15) is 0 Å². The van der Waals surface area contributed by atoms with Crippen molar-refractivity contribution in [2.75, 3.05) is 5.73 Å². The van der Waals surface area contributed by atoms with Crippen LogP contribution in [0, 0.1) is 5.82 Å². The third-order valence-electron chi connectivity index (χ3n) is 2.55. The minimum absolute atomic E-state index is 0.0155. The van der Waals surface area contributed by atoms with Gasteiger partial charge in [-0.15, -0.1) is 0 Å². The number of halogens is 2. The summed E-state index contributed by atoms with van der Waals surface area (Å²) < 4.78 is 14.3. The van der Waals surface area contributed by atoms with Crippen LogP contribution in [0.1, 0.15) is 0 Å². The predicted molar refractivity (Wildman–Crippen MR) is 66.5 cm³/mol. The minimum Gasteiger partial charge on any atom is -0.385 e. The number of aromatic nitrogens is 1. The lowest BCUT2D eigenvalue weighted by Gasteiger charge is -2.07. The minimum atomic E-state index is -0.493. The molecule has 0 saturated carbocycles. The Bertz CT molecular complexity index is 637. The molecule has 0 atom stereocenters. The van der Waals surface area contributed by atoms with E-state index in [4.69, 9.17) is 17.3 Å². The average Bonchev–Trinajstić information content (AvgIpc) is 2.29. The summed E-state index contributed by atoms with van der Waals surface area (Å²) in [6, 6.07) is 7.34. The summed E-state index contributed by atoms with van der Waals surface area (Å²) in [7, 11) is 1.58. The Balaban J connectivity index is 2.61. The standard InChI is InChI=1S/C12H10ClFN2O/c1-16-11(15)5-8(6-12(16)17)7-2-3-10(14)9(13)4-7/h2-6H,15H2,1H3. The quantitative estimate of drug-likeness (QED) is 0.847. The molecule has 0 aliphatic carbocycles. The summed E-state index contributed by atoms with van der Waals surface area (Å²) in [5, 5.41) is 0.0155. The molecule has 2 N–H and O–H groups in total. The maximum atomic E-state index is 13.0. The number of benzene rings is 1. The van der Waals surface area contributed by atoms with Gasteiger partial charge in [-0.3, -0.25) is 9.36 Å². The van der Waals surface area contributed by atoms with Crippen LogP contribution in [0.4, 0.5) is 10.2 Å². The highest BCUT2D eigenvalue weighted by Crippen LogP contribution is 2.24. The third kappa shape index (κ3) is 2.17. The van der Waals surface area contributed by atoms with Crippen molar-refractivity contribution >= 4 is 17.4 Å². The molecule has 0 spiro atoms. The van der Waals surface area contributed by atoms with E-state index in [1.165, 1.54) is 22.8 Å². The third-order valence-corrected chi connectivity index (χ3v) is 2.84. The van der Waals surface area contributed by atoms with Gasteiger partial charge in [-0.25, -0.2) is 4.39 Å². The fourth-order valence-corrected chi connectivity index (χ4v) is 1.68. The topological polar surface area (TPSA) is 48.0 Å². The van der Waals surface area contributed by atoms with Crippen molar-refractivity contribution in [3.05, 3.63) is 51.5 Å². The molecule has 1 aromatic heterocycles. The second-order valence-electron chi connectivity index (χ2n) is 3.70. The molecule has 88 valence electrons. The highest BCUT2D eigenvalue weighted by Gasteiger charge is 2.06. The first kappa shape index (κ1) is 11.7. The predicted octanol–water partition coefficient (Wildman–Crippen LogP) is 2.43. The summed E-state index contributed by atoms with van der Waals surface area (Å²) in [6.45, 7) is 0. The first-order valence-electron chi connectivity index (χ1n) is 4.91. The van der Waals surface area contributed by atoms with Gasteiger partial charge in [-0.1, -0.05) is 17.7 Å². The van der Waals surface area contributed by atoms with Gasteiger partial charge in [0.2, 0.25) is 0 Å². The fraction of sp³-hybridized carbons (Fsp3) is 0.0833. The number of nitrogens with two attached hydrogens (primary N) is 1. The Hall–Kier alpha value is -1.81. The second-order valence-corrected chi connectivity index (χ2v) is 4.10. The van der Waals surface area contributed by atoms with Crippen molar-refractivity contribution in [1.29, 1.82) is 0 Å². The van der Waals surface area contributed by atoms with E-state index in [1.807, 2.05) is 0 Å².